The molecular weight excluding hydrogens is 226 g/mol. The van der Waals surface area contributed by atoms with Crippen LogP contribution in [-0.4, -0.2) is 30.4 Å². The largest absolute Gasteiger partial charge is 0.496 e. The molecule has 4 heteroatoms. The fourth-order valence-electron chi connectivity index (χ4n) is 2.23. The molecule has 3 N–H and O–H groups in total. The Morgan fingerprint density at radius 1 is 1.50 bits per heavy atom. The Labute approximate surface area is 108 Å². The minimum absolute atomic E-state index is 0.105. The molecule has 0 spiro atoms. The Kier molecular flexibility index (Phi) is 3.87. The van der Waals surface area contributed by atoms with Gasteiger partial charge in [-0.25, -0.2) is 0 Å². The molecule has 0 aromatic heterocycles. The van der Waals surface area contributed by atoms with Gasteiger partial charge in [-0.2, -0.15) is 0 Å². The summed E-state index contributed by atoms with van der Waals surface area (Å²) in [6, 6.07) is 6.41. The lowest BCUT2D eigenvalue weighted by atomic mass is 10.1. The molecule has 0 saturated heterocycles. The van der Waals surface area contributed by atoms with E-state index in [2.05, 4.69) is 11.8 Å². The number of hydrogen-bond donors (Lipinski definition) is 2. The highest BCUT2D eigenvalue weighted by molar-refractivity contribution is 5.95. The first kappa shape index (κ1) is 12.9. The standard InChI is InChI=1S/C14H21N3O/c1-3-17(12-5-6-12)9-11-8-10(14(15)16)4-7-13(11)18-2/h4,7-8,12H,3,5-6,9H2,1-2H3,(H3,15,16). The third kappa shape index (κ3) is 2.82. The van der Waals surface area contributed by atoms with E-state index < -0.39 is 0 Å². The van der Waals surface area contributed by atoms with Gasteiger partial charge in [-0.15, -0.1) is 0 Å². The van der Waals surface area contributed by atoms with Crippen LogP contribution in [0.15, 0.2) is 18.2 Å². The smallest absolute Gasteiger partial charge is 0.123 e. The second-order valence-corrected chi connectivity index (χ2v) is 4.73. The van der Waals surface area contributed by atoms with Crippen molar-refractivity contribution in [3.8, 4) is 5.75 Å². The van der Waals surface area contributed by atoms with Crippen molar-refractivity contribution >= 4 is 5.84 Å². The van der Waals surface area contributed by atoms with Gasteiger partial charge in [-0.1, -0.05) is 6.92 Å². The Bertz CT molecular complexity index is 441. The van der Waals surface area contributed by atoms with Crippen LogP contribution in [0.25, 0.3) is 0 Å². The van der Waals surface area contributed by atoms with Crippen LogP contribution in [0.4, 0.5) is 0 Å². The zero-order chi connectivity index (χ0) is 13.1. The minimum atomic E-state index is 0.105. The van der Waals surface area contributed by atoms with Crippen molar-refractivity contribution in [1.82, 2.24) is 4.90 Å². The average Bonchev–Trinajstić information content (AvgIpc) is 3.19. The number of benzene rings is 1. The molecular formula is C14H21N3O. The maximum absolute atomic E-state index is 7.51. The fourth-order valence-corrected chi connectivity index (χ4v) is 2.23. The molecule has 0 bridgehead atoms. The number of nitrogens with zero attached hydrogens (tertiary/aromatic N) is 1. The normalized spacial score (nSPS) is 14.8. The van der Waals surface area contributed by atoms with Crippen LogP contribution >= 0.6 is 0 Å². The first-order chi connectivity index (χ1) is 8.65. The van der Waals surface area contributed by atoms with Gasteiger partial charge in [-0.05, 0) is 37.6 Å². The summed E-state index contributed by atoms with van der Waals surface area (Å²) in [7, 11) is 1.68. The number of ether oxygens (including phenoxy) is 1. The lowest BCUT2D eigenvalue weighted by Crippen LogP contribution is -2.25. The third-order valence-electron chi connectivity index (χ3n) is 3.43. The summed E-state index contributed by atoms with van der Waals surface area (Å²) in [5, 5.41) is 7.51. The molecule has 0 heterocycles. The number of nitrogen functional groups attached to an aromatic ring is 1. The summed E-state index contributed by atoms with van der Waals surface area (Å²) >= 11 is 0. The first-order valence-electron chi connectivity index (χ1n) is 6.41. The van der Waals surface area contributed by atoms with Crippen molar-refractivity contribution in [2.24, 2.45) is 5.73 Å². The van der Waals surface area contributed by atoms with Crippen LogP contribution in [0.1, 0.15) is 30.9 Å². The summed E-state index contributed by atoms with van der Waals surface area (Å²) in [5.41, 5.74) is 7.41. The number of amidine groups is 1. The highest BCUT2D eigenvalue weighted by atomic mass is 16.5. The molecule has 0 radical (unpaired) electrons. The van der Waals surface area contributed by atoms with Crippen molar-refractivity contribution in [3.63, 3.8) is 0 Å². The van der Waals surface area contributed by atoms with E-state index in [0.717, 1.165) is 36.0 Å². The zero-order valence-corrected chi connectivity index (χ0v) is 11.1. The fraction of sp³-hybridized carbons (Fsp3) is 0.500. The number of nitrogens with two attached hydrogens (primary N) is 1. The van der Waals surface area contributed by atoms with E-state index in [4.69, 9.17) is 15.9 Å². The Morgan fingerprint density at radius 2 is 2.22 bits per heavy atom. The lowest BCUT2D eigenvalue weighted by Gasteiger charge is -2.21. The highest BCUT2D eigenvalue weighted by Crippen LogP contribution is 2.30. The van der Waals surface area contributed by atoms with Gasteiger partial charge in [0.15, 0.2) is 0 Å². The van der Waals surface area contributed by atoms with Crippen LogP contribution in [0.3, 0.4) is 0 Å². The average molecular weight is 247 g/mol. The van der Waals surface area contributed by atoms with Gasteiger partial charge in [-0.3, -0.25) is 10.3 Å². The van der Waals surface area contributed by atoms with E-state index in [1.807, 2.05) is 18.2 Å². The van der Waals surface area contributed by atoms with Crippen molar-refractivity contribution in [3.05, 3.63) is 29.3 Å². The molecule has 1 aliphatic rings. The monoisotopic (exact) mass is 247 g/mol. The van der Waals surface area contributed by atoms with E-state index in [0.29, 0.717) is 0 Å². The van der Waals surface area contributed by atoms with Crippen LogP contribution < -0.4 is 10.5 Å². The maximum atomic E-state index is 7.51. The quantitative estimate of drug-likeness (QED) is 0.596. The van der Waals surface area contributed by atoms with Gasteiger partial charge in [0.25, 0.3) is 0 Å². The van der Waals surface area contributed by atoms with Crippen molar-refractivity contribution in [1.29, 1.82) is 5.41 Å². The molecule has 1 fully saturated rings. The lowest BCUT2D eigenvalue weighted by molar-refractivity contribution is 0.264. The van der Waals surface area contributed by atoms with Gasteiger partial charge in [0.2, 0.25) is 0 Å². The number of hydrogen-bond acceptors (Lipinski definition) is 3. The minimum Gasteiger partial charge on any atom is -0.496 e. The van der Waals surface area contributed by atoms with Crippen molar-refractivity contribution < 1.29 is 4.74 Å². The second-order valence-electron chi connectivity index (χ2n) is 4.73. The summed E-state index contributed by atoms with van der Waals surface area (Å²) in [6.07, 6.45) is 2.59. The Hall–Kier alpha value is -1.55. The van der Waals surface area contributed by atoms with E-state index in [9.17, 15) is 0 Å². The first-order valence-corrected chi connectivity index (χ1v) is 6.41. The van der Waals surface area contributed by atoms with Gasteiger partial charge >= 0.3 is 0 Å². The molecule has 18 heavy (non-hydrogen) atoms. The molecule has 1 aromatic rings. The van der Waals surface area contributed by atoms with E-state index in [1.165, 1.54) is 12.8 Å². The van der Waals surface area contributed by atoms with Crippen LogP contribution in [0.2, 0.25) is 0 Å². The predicted molar refractivity (Wildman–Crippen MR) is 73.1 cm³/mol. The van der Waals surface area contributed by atoms with Crippen LogP contribution in [-0.2, 0) is 6.54 Å². The SMILES string of the molecule is CCN(Cc1cc(C(=N)N)ccc1OC)C1CC1. The summed E-state index contributed by atoms with van der Waals surface area (Å²) in [5.74, 6) is 0.979. The molecule has 0 atom stereocenters. The van der Waals surface area contributed by atoms with Crippen LogP contribution in [0, 0.1) is 5.41 Å². The molecule has 2 rings (SSSR count). The molecule has 0 amide bonds. The summed E-state index contributed by atoms with van der Waals surface area (Å²) in [4.78, 5) is 2.45. The van der Waals surface area contributed by atoms with Gasteiger partial charge in [0, 0.05) is 23.7 Å². The van der Waals surface area contributed by atoms with E-state index in [-0.39, 0.29) is 5.84 Å². The second kappa shape index (κ2) is 5.40. The molecule has 1 saturated carbocycles. The Balaban J connectivity index is 2.22. The van der Waals surface area contributed by atoms with E-state index >= 15 is 0 Å². The van der Waals surface area contributed by atoms with Crippen LogP contribution in [0.5, 0.6) is 5.75 Å². The summed E-state index contributed by atoms with van der Waals surface area (Å²) < 4.78 is 5.39. The number of methoxy groups -OCH3 is 1. The van der Waals surface area contributed by atoms with Crippen molar-refractivity contribution in [2.45, 2.75) is 32.4 Å². The third-order valence-corrected chi connectivity index (χ3v) is 3.43. The number of nitrogens with one attached hydrogen (secondary N) is 1. The Morgan fingerprint density at radius 3 is 2.72 bits per heavy atom. The highest BCUT2D eigenvalue weighted by Gasteiger charge is 2.28. The van der Waals surface area contributed by atoms with Gasteiger partial charge < -0.3 is 10.5 Å². The van der Waals surface area contributed by atoms with Gasteiger partial charge in [0.1, 0.15) is 11.6 Å². The van der Waals surface area contributed by atoms with Crippen molar-refractivity contribution in [2.75, 3.05) is 13.7 Å². The van der Waals surface area contributed by atoms with E-state index in [1.54, 1.807) is 7.11 Å². The molecule has 4 nitrogen and oxygen atoms in total. The molecule has 0 aliphatic heterocycles. The molecule has 1 aliphatic carbocycles. The topological polar surface area (TPSA) is 62.3 Å². The summed E-state index contributed by atoms with van der Waals surface area (Å²) in [6.45, 7) is 4.09. The molecule has 1 aromatic carbocycles. The molecule has 0 unspecified atom stereocenters. The number of rotatable bonds is 6. The zero-order valence-electron chi connectivity index (χ0n) is 11.1. The molecule has 98 valence electrons. The maximum Gasteiger partial charge on any atom is 0.123 e. The predicted octanol–water partition coefficient (Wildman–Crippen LogP) is 1.96. The van der Waals surface area contributed by atoms with Gasteiger partial charge in [0.05, 0.1) is 7.11 Å².